The molecule has 3 aromatic rings. The van der Waals surface area contributed by atoms with Crippen LogP contribution in [0.4, 0.5) is 0 Å². The number of carbonyl (C=O) groups is 1. The van der Waals surface area contributed by atoms with Crippen LogP contribution in [0.2, 0.25) is 0 Å². The Kier molecular flexibility index (Phi) is 5.48. The van der Waals surface area contributed by atoms with E-state index in [9.17, 15) is 9.90 Å². The number of aliphatic hydroxyl groups excluding tert-OH is 1. The highest BCUT2D eigenvalue weighted by molar-refractivity contribution is 6.05. The number of benzene rings is 3. The summed E-state index contributed by atoms with van der Waals surface area (Å²) in [5.41, 5.74) is 5.01. The van der Waals surface area contributed by atoms with Crippen LogP contribution in [0.1, 0.15) is 35.2 Å². The zero-order chi connectivity index (χ0) is 20.2. The number of amides is 1. The Morgan fingerprint density at radius 3 is 2.07 bits per heavy atom. The van der Waals surface area contributed by atoms with E-state index in [-0.39, 0.29) is 17.7 Å². The van der Waals surface area contributed by atoms with Crippen LogP contribution < -0.4 is 0 Å². The van der Waals surface area contributed by atoms with Crippen molar-refractivity contribution in [3.8, 4) is 0 Å². The number of hydrogen-bond donors (Lipinski definition) is 1. The SMILES string of the molecule is CCc1ccc([C@@H]2C(c3ccccc3)=C(O)C(=O)N2CCc2ccccc2)cc1. The van der Waals surface area contributed by atoms with E-state index < -0.39 is 0 Å². The summed E-state index contributed by atoms with van der Waals surface area (Å²) in [5, 5.41) is 10.8. The molecule has 1 aliphatic heterocycles. The van der Waals surface area contributed by atoms with E-state index in [1.165, 1.54) is 11.1 Å². The fourth-order valence-electron chi connectivity index (χ4n) is 3.97. The molecule has 0 bridgehead atoms. The van der Waals surface area contributed by atoms with Gasteiger partial charge in [-0.15, -0.1) is 0 Å². The number of aliphatic hydroxyl groups is 1. The standard InChI is InChI=1S/C26H25NO2/c1-2-19-13-15-22(16-14-19)24-23(21-11-7-4-8-12-21)25(28)26(29)27(24)18-17-20-9-5-3-6-10-20/h3-16,24,28H,2,17-18H2,1H3/t24-/m1/s1. The molecular weight excluding hydrogens is 358 g/mol. The highest BCUT2D eigenvalue weighted by atomic mass is 16.3. The third-order valence-corrected chi connectivity index (χ3v) is 5.58. The summed E-state index contributed by atoms with van der Waals surface area (Å²) in [6, 6.07) is 27.9. The average Bonchev–Trinajstić information content (AvgIpc) is 3.04. The lowest BCUT2D eigenvalue weighted by Crippen LogP contribution is -2.32. The zero-order valence-corrected chi connectivity index (χ0v) is 16.6. The van der Waals surface area contributed by atoms with Crippen LogP contribution in [0.3, 0.4) is 0 Å². The lowest BCUT2D eigenvalue weighted by molar-refractivity contribution is -0.129. The number of hydrogen-bond acceptors (Lipinski definition) is 2. The van der Waals surface area contributed by atoms with Gasteiger partial charge < -0.3 is 10.0 Å². The van der Waals surface area contributed by atoms with E-state index in [0.29, 0.717) is 12.1 Å². The van der Waals surface area contributed by atoms with Crippen LogP contribution in [-0.2, 0) is 17.6 Å². The molecule has 1 amide bonds. The molecule has 0 fully saturated rings. The van der Waals surface area contributed by atoms with Gasteiger partial charge in [0.15, 0.2) is 5.76 Å². The van der Waals surface area contributed by atoms with Gasteiger partial charge in [-0.2, -0.15) is 0 Å². The minimum absolute atomic E-state index is 0.145. The van der Waals surface area contributed by atoms with Gasteiger partial charge in [-0.3, -0.25) is 4.79 Å². The van der Waals surface area contributed by atoms with Gasteiger partial charge in [-0.1, -0.05) is 91.9 Å². The van der Waals surface area contributed by atoms with Gasteiger partial charge in [0, 0.05) is 12.1 Å². The number of nitrogens with zero attached hydrogens (tertiary/aromatic N) is 1. The van der Waals surface area contributed by atoms with Crippen LogP contribution in [0.5, 0.6) is 0 Å². The highest BCUT2D eigenvalue weighted by Crippen LogP contribution is 2.43. The first kappa shape index (κ1) is 19.0. The van der Waals surface area contributed by atoms with E-state index in [0.717, 1.165) is 24.0 Å². The summed E-state index contributed by atoms with van der Waals surface area (Å²) in [5.74, 6) is -0.446. The summed E-state index contributed by atoms with van der Waals surface area (Å²) in [6.07, 6.45) is 1.71. The first-order chi connectivity index (χ1) is 14.2. The fraction of sp³-hybridized carbons (Fsp3) is 0.192. The van der Waals surface area contributed by atoms with E-state index in [2.05, 4.69) is 43.3 Å². The lowest BCUT2D eigenvalue weighted by Gasteiger charge is -2.27. The molecule has 1 atom stereocenters. The van der Waals surface area contributed by atoms with Crippen molar-refractivity contribution >= 4 is 11.5 Å². The highest BCUT2D eigenvalue weighted by Gasteiger charge is 2.40. The van der Waals surface area contributed by atoms with E-state index >= 15 is 0 Å². The first-order valence-electron chi connectivity index (χ1n) is 10.1. The maximum atomic E-state index is 13.0. The van der Waals surface area contributed by atoms with Crippen molar-refractivity contribution in [2.24, 2.45) is 0 Å². The second-order valence-corrected chi connectivity index (χ2v) is 7.36. The lowest BCUT2D eigenvalue weighted by atomic mass is 9.92. The third-order valence-electron chi connectivity index (χ3n) is 5.58. The fourth-order valence-corrected chi connectivity index (χ4v) is 3.97. The number of carbonyl (C=O) groups excluding carboxylic acids is 1. The molecule has 0 saturated heterocycles. The molecule has 146 valence electrons. The minimum Gasteiger partial charge on any atom is -0.503 e. The van der Waals surface area contributed by atoms with Gasteiger partial charge in [-0.05, 0) is 35.1 Å². The summed E-state index contributed by atoms with van der Waals surface area (Å²) in [6.45, 7) is 2.67. The first-order valence-corrected chi connectivity index (χ1v) is 10.1. The molecule has 3 aromatic carbocycles. The van der Waals surface area contributed by atoms with Gasteiger partial charge >= 0.3 is 0 Å². The molecule has 1 N–H and O–H groups in total. The van der Waals surface area contributed by atoms with Gasteiger partial charge in [-0.25, -0.2) is 0 Å². The Morgan fingerprint density at radius 2 is 1.45 bits per heavy atom. The summed E-state index contributed by atoms with van der Waals surface area (Å²) in [7, 11) is 0. The molecule has 0 radical (unpaired) electrons. The second-order valence-electron chi connectivity index (χ2n) is 7.36. The average molecular weight is 383 g/mol. The number of aryl methyl sites for hydroxylation is 1. The van der Waals surface area contributed by atoms with E-state index in [1.54, 1.807) is 4.90 Å². The third kappa shape index (κ3) is 3.81. The van der Waals surface area contributed by atoms with Crippen LogP contribution in [-0.4, -0.2) is 22.5 Å². The monoisotopic (exact) mass is 383 g/mol. The van der Waals surface area contributed by atoms with Gasteiger partial charge in [0.25, 0.3) is 5.91 Å². The maximum absolute atomic E-state index is 13.0. The minimum atomic E-state index is -0.302. The van der Waals surface area contributed by atoms with Gasteiger partial charge in [0.1, 0.15) is 0 Å². The molecule has 0 aliphatic carbocycles. The van der Waals surface area contributed by atoms with Gasteiger partial charge in [0.05, 0.1) is 6.04 Å². The summed E-state index contributed by atoms with van der Waals surface area (Å²) >= 11 is 0. The normalized spacial score (nSPS) is 16.5. The Bertz CT molecular complexity index is 1010. The summed E-state index contributed by atoms with van der Waals surface area (Å²) < 4.78 is 0. The number of rotatable bonds is 6. The largest absolute Gasteiger partial charge is 0.503 e. The van der Waals surface area contributed by atoms with Crippen molar-refractivity contribution in [3.05, 3.63) is 113 Å². The molecule has 3 heteroatoms. The molecule has 1 aliphatic rings. The van der Waals surface area contributed by atoms with Crippen molar-refractivity contribution in [2.45, 2.75) is 25.8 Å². The predicted molar refractivity (Wildman–Crippen MR) is 116 cm³/mol. The smallest absolute Gasteiger partial charge is 0.289 e. The second kappa shape index (κ2) is 8.36. The van der Waals surface area contributed by atoms with Crippen LogP contribution in [0.15, 0.2) is 90.7 Å². The zero-order valence-electron chi connectivity index (χ0n) is 16.6. The van der Waals surface area contributed by atoms with Crippen molar-refractivity contribution in [1.29, 1.82) is 0 Å². The van der Waals surface area contributed by atoms with Crippen molar-refractivity contribution in [1.82, 2.24) is 4.90 Å². The molecule has 1 heterocycles. The topological polar surface area (TPSA) is 40.5 Å². The summed E-state index contributed by atoms with van der Waals surface area (Å²) in [4.78, 5) is 14.8. The molecule has 0 unspecified atom stereocenters. The molecule has 3 nitrogen and oxygen atoms in total. The molecule has 0 saturated carbocycles. The van der Waals surface area contributed by atoms with E-state index in [4.69, 9.17) is 0 Å². The van der Waals surface area contributed by atoms with Gasteiger partial charge in [0.2, 0.25) is 0 Å². The Balaban J connectivity index is 1.72. The molecular formula is C26H25NO2. The molecule has 4 rings (SSSR count). The molecule has 29 heavy (non-hydrogen) atoms. The Labute approximate surface area is 171 Å². The Hall–Kier alpha value is -3.33. The van der Waals surface area contributed by atoms with Crippen molar-refractivity contribution < 1.29 is 9.90 Å². The maximum Gasteiger partial charge on any atom is 0.289 e. The quantitative estimate of drug-likeness (QED) is 0.624. The van der Waals surface area contributed by atoms with Crippen LogP contribution in [0.25, 0.3) is 5.57 Å². The van der Waals surface area contributed by atoms with Crippen molar-refractivity contribution in [3.63, 3.8) is 0 Å². The van der Waals surface area contributed by atoms with Crippen molar-refractivity contribution in [2.75, 3.05) is 6.54 Å². The van der Waals surface area contributed by atoms with E-state index in [1.807, 2.05) is 48.5 Å². The predicted octanol–water partition coefficient (Wildman–Crippen LogP) is 5.34. The van der Waals surface area contributed by atoms with Crippen LogP contribution >= 0.6 is 0 Å². The molecule has 0 aromatic heterocycles. The van der Waals surface area contributed by atoms with Crippen LogP contribution in [0, 0.1) is 0 Å². The Morgan fingerprint density at radius 1 is 0.828 bits per heavy atom. The molecule has 0 spiro atoms.